The van der Waals surface area contributed by atoms with Crippen molar-refractivity contribution < 1.29 is 29.0 Å². The summed E-state index contributed by atoms with van der Waals surface area (Å²) in [5.74, 6) is -2.31. The molecule has 1 aromatic heterocycles. The first-order valence-electron chi connectivity index (χ1n) is 14.1. The highest BCUT2D eigenvalue weighted by Gasteiger charge is 2.33. The molecule has 0 fully saturated rings. The molecule has 0 spiro atoms. The Labute approximate surface area is 249 Å². The van der Waals surface area contributed by atoms with Crippen molar-refractivity contribution in [3.63, 3.8) is 0 Å². The smallest absolute Gasteiger partial charge is 0.252 e. The Morgan fingerprint density at radius 3 is 2.40 bits per heavy atom. The van der Waals surface area contributed by atoms with E-state index in [1.165, 1.54) is 6.92 Å². The van der Waals surface area contributed by atoms with Crippen LogP contribution in [0.5, 0.6) is 5.75 Å². The first-order valence-corrected chi connectivity index (χ1v) is 14.1. The van der Waals surface area contributed by atoms with E-state index in [0.717, 1.165) is 5.56 Å². The van der Waals surface area contributed by atoms with Gasteiger partial charge < -0.3 is 31.1 Å². The predicted molar refractivity (Wildman–Crippen MR) is 156 cm³/mol. The van der Waals surface area contributed by atoms with E-state index in [4.69, 9.17) is 4.74 Å². The highest BCUT2D eigenvalue weighted by Crippen LogP contribution is 2.15. The van der Waals surface area contributed by atoms with Crippen LogP contribution in [0.25, 0.3) is 0 Å². The molecule has 228 valence electrons. The maximum absolute atomic E-state index is 13.4. The molecule has 13 heteroatoms. The van der Waals surface area contributed by atoms with Gasteiger partial charge >= 0.3 is 0 Å². The highest BCUT2D eigenvalue weighted by atomic mass is 16.5. The van der Waals surface area contributed by atoms with Crippen LogP contribution in [0.1, 0.15) is 42.4 Å². The summed E-state index contributed by atoms with van der Waals surface area (Å²) in [7, 11) is 0. The lowest BCUT2D eigenvalue weighted by Crippen LogP contribution is -2.60. The third-order valence-electron chi connectivity index (χ3n) is 6.93. The maximum Gasteiger partial charge on any atom is 0.252 e. The van der Waals surface area contributed by atoms with E-state index in [9.17, 15) is 24.3 Å². The lowest BCUT2D eigenvalue weighted by atomic mass is 10.0. The minimum absolute atomic E-state index is 0.0588. The minimum atomic E-state index is -1.40. The molecule has 13 nitrogen and oxygen atoms in total. The minimum Gasteiger partial charge on any atom is -0.492 e. The normalized spacial score (nSPS) is 21.4. The van der Waals surface area contributed by atoms with Crippen molar-refractivity contribution in [2.75, 3.05) is 6.61 Å². The first kappa shape index (κ1) is 31.2. The van der Waals surface area contributed by atoms with Crippen molar-refractivity contribution in [2.45, 2.75) is 64.5 Å². The Morgan fingerprint density at radius 2 is 1.67 bits per heavy atom. The van der Waals surface area contributed by atoms with Crippen LogP contribution in [0.3, 0.4) is 0 Å². The summed E-state index contributed by atoms with van der Waals surface area (Å²) in [4.78, 5) is 53.2. The molecule has 4 rings (SSSR count). The van der Waals surface area contributed by atoms with Crippen LogP contribution in [0.15, 0.2) is 60.8 Å². The van der Waals surface area contributed by atoms with Crippen LogP contribution in [0.2, 0.25) is 0 Å². The number of aliphatic hydroxyl groups is 1. The van der Waals surface area contributed by atoms with Gasteiger partial charge in [0.2, 0.25) is 17.7 Å². The summed E-state index contributed by atoms with van der Waals surface area (Å²) in [5.41, 5.74) is 1.57. The molecule has 4 bridgehead atoms. The van der Waals surface area contributed by atoms with Crippen molar-refractivity contribution in [3.8, 4) is 5.75 Å². The number of aromatic nitrogens is 3. The third-order valence-corrected chi connectivity index (χ3v) is 6.93. The van der Waals surface area contributed by atoms with Crippen LogP contribution in [0.4, 0.5) is 0 Å². The molecule has 2 aromatic carbocycles. The van der Waals surface area contributed by atoms with Gasteiger partial charge in [0.05, 0.1) is 25.4 Å². The highest BCUT2D eigenvalue weighted by molar-refractivity contribution is 5.99. The van der Waals surface area contributed by atoms with Crippen molar-refractivity contribution in [1.29, 1.82) is 0 Å². The molecule has 5 N–H and O–H groups in total. The van der Waals surface area contributed by atoms with Gasteiger partial charge in [0.25, 0.3) is 5.91 Å². The van der Waals surface area contributed by atoms with Gasteiger partial charge in [-0.1, -0.05) is 55.5 Å². The number of aliphatic hydroxyl groups excluding tert-OH is 1. The summed E-state index contributed by atoms with van der Waals surface area (Å²) < 4.78 is 7.37. The fraction of sp³-hybridized carbons (Fsp3) is 0.400. The fourth-order valence-corrected chi connectivity index (χ4v) is 4.54. The zero-order valence-corrected chi connectivity index (χ0v) is 24.3. The average molecular weight is 592 g/mol. The van der Waals surface area contributed by atoms with Gasteiger partial charge in [-0.2, -0.15) is 0 Å². The number of nitrogens with one attached hydrogen (secondary N) is 4. The molecule has 0 radical (unpaired) electrons. The number of fused-ring (bicyclic) bond motifs is 4. The molecule has 1 aliphatic rings. The molecule has 0 unspecified atom stereocenters. The SMILES string of the molecule is CC(C)[C@@H]1NC(=O)c2cccc(c2)OCCn2cc(nn2)CNC(=O)[C@H](Cc2ccccc2)NC(=O)[C@H]([C@@H](C)O)NC1=O. The van der Waals surface area contributed by atoms with Gasteiger partial charge in [0.1, 0.15) is 36.2 Å². The van der Waals surface area contributed by atoms with Gasteiger partial charge in [-0.3, -0.25) is 19.2 Å². The van der Waals surface area contributed by atoms with Gasteiger partial charge in [-0.15, -0.1) is 5.10 Å². The van der Waals surface area contributed by atoms with Crippen molar-refractivity contribution in [2.24, 2.45) is 5.92 Å². The monoisotopic (exact) mass is 591 g/mol. The summed E-state index contributed by atoms with van der Waals surface area (Å²) in [5, 5.41) is 29.4. The molecule has 4 atom stereocenters. The van der Waals surface area contributed by atoms with E-state index in [1.807, 2.05) is 30.3 Å². The van der Waals surface area contributed by atoms with Crippen LogP contribution < -0.4 is 26.0 Å². The molecule has 0 aliphatic carbocycles. The van der Waals surface area contributed by atoms with Crippen LogP contribution >= 0.6 is 0 Å². The summed E-state index contributed by atoms with van der Waals surface area (Å²) >= 11 is 0. The molecule has 0 saturated heterocycles. The number of nitrogens with zero attached hydrogens (tertiary/aromatic N) is 3. The van der Waals surface area contributed by atoms with Gasteiger partial charge in [0, 0.05) is 12.0 Å². The zero-order valence-electron chi connectivity index (χ0n) is 24.3. The first-order chi connectivity index (χ1) is 20.6. The van der Waals surface area contributed by atoms with Crippen molar-refractivity contribution in [1.82, 2.24) is 36.3 Å². The number of hydrogen-bond donors (Lipinski definition) is 5. The van der Waals surface area contributed by atoms with E-state index in [0.29, 0.717) is 18.0 Å². The van der Waals surface area contributed by atoms with E-state index in [1.54, 1.807) is 49.0 Å². The molecular weight excluding hydrogens is 554 g/mol. The standard InChI is InChI=1S/C30H37N7O6/c1-18(2)25-29(41)34-26(19(3)38)30(42)32-24(14-20-8-5-4-6-9-20)28(40)31-16-22-17-37(36-35-22)12-13-43-23-11-7-10-21(15-23)27(39)33-25/h4-11,15,17-19,24-26,38H,12-14,16H2,1-3H3,(H,31,40)(H,32,42)(H,33,39)(H,34,41)/t19-,24+,25+,26+/m1/s1. The number of carbonyl (C=O) groups is 4. The molecular formula is C30H37N7O6. The number of hydrogen-bond acceptors (Lipinski definition) is 8. The van der Waals surface area contributed by atoms with Crippen LogP contribution in [-0.4, -0.2) is 74.6 Å². The topological polar surface area (TPSA) is 177 Å². The quantitative estimate of drug-likeness (QED) is 0.288. The Morgan fingerprint density at radius 1 is 0.930 bits per heavy atom. The Bertz CT molecular complexity index is 1430. The zero-order chi connectivity index (χ0) is 30.9. The molecule has 2 heterocycles. The van der Waals surface area contributed by atoms with Crippen LogP contribution in [0, 0.1) is 5.92 Å². The molecule has 43 heavy (non-hydrogen) atoms. The second kappa shape index (κ2) is 14.4. The molecule has 0 saturated carbocycles. The maximum atomic E-state index is 13.4. The summed E-state index contributed by atoms with van der Waals surface area (Å²) in [6.07, 6.45) is 0.524. The van der Waals surface area contributed by atoms with Gasteiger partial charge in [-0.05, 0) is 36.6 Å². The summed E-state index contributed by atoms with van der Waals surface area (Å²) in [6.45, 7) is 5.51. The number of carbonyl (C=O) groups excluding carboxylic acids is 4. The number of rotatable bonds is 4. The Balaban J connectivity index is 1.63. The van der Waals surface area contributed by atoms with Gasteiger partial charge in [-0.25, -0.2) is 4.68 Å². The number of benzene rings is 2. The second-order valence-corrected chi connectivity index (χ2v) is 10.7. The average Bonchev–Trinajstić information content (AvgIpc) is 3.44. The number of amides is 4. The number of ether oxygens (including phenoxy) is 1. The van der Waals surface area contributed by atoms with E-state index in [2.05, 4.69) is 31.6 Å². The van der Waals surface area contributed by atoms with Gasteiger partial charge in [0.15, 0.2) is 0 Å². The lowest BCUT2D eigenvalue weighted by molar-refractivity contribution is -0.135. The van der Waals surface area contributed by atoms with Crippen molar-refractivity contribution >= 4 is 23.6 Å². The summed E-state index contributed by atoms with van der Waals surface area (Å²) in [6, 6.07) is 12.2. The van der Waals surface area contributed by atoms with E-state index in [-0.39, 0.29) is 31.1 Å². The van der Waals surface area contributed by atoms with E-state index >= 15 is 0 Å². The van der Waals surface area contributed by atoms with Crippen molar-refractivity contribution in [3.05, 3.63) is 77.6 Å². The molecule has 4 amide bonds. The lowest BCUT2D eigenvalue weighted by Gasteiger charge is -2.28. The van der Waals surface area contributed by atoms with E-state index < -0.39 is 47.9 Å². The fourth-order valence-electron chi connectivity index (χ4n) is 4.54. The second-order valence-electron chi connectivity index (χ2n) is 10.7. The molecule has 1 aliphatic heterocycles. The largest absolute Gasteiger partial charge is 0.492 e. The Kier molecular flexibility index (Phi) is 10.4. The third kappa shape index (κ3) is 8.61. The van der Waals surface area contributed by atoms with Crippen LogP contribution in [-0.2, 0) is 33.9 Å². The molecule has 3 aromatic rings. The Hall–Kier alpha value is -4.78. The predicted octanol–water partition coefficient (Wildman–Crippen LogP) is 0.334.